The molecule has 0 heterocycles. The summed E-state index contributed by atoms with van der Waals surface area (Å²) in [6.07, 6.45) is 0.156. The van der Waals surface area contributed by atoms with E-state index in [1.54, 1.807) is 0 Å². The summed E-state index contributed by atoms with van der Waals surface area (Å²) in [6.45, 7) is 0. The number of methoxy groups -OCH3 is 1. The molecule has 4 heteroatoms. The first-order valence-corrected chi connectivity index (χ1v) is 8.42. The first-order valence-electron chi connectivity index (χ1n) is 8.42. The maximum Gasteiger partial charge on any atom is 0.307 e. The van der Waals surface area contributed by atoms with Gasteiger partial charge in [0.05, 0.1) is 13.5 Å². The van der Waals surface area contributed by atoms with Crippen molar-refractivity contribution in [3.05, 3.63) is 84.4 Å². The van der Waals surface area contributed by atoms with Gasteiger partial charge in [-0.05, 0) is 29.3 Å². The molecule has 0 radical (unpaired) electrons. The van der Waals surface area contributed by atoms with Gasteiger partial charge in [0, 0.05) is 11.6 Å². The lowest BCUT2D eigenvalue weighted by molar-refractivity contribution is -0.141. The second kappa shape index (κ2) is 8.32. The minimum Gasteiger partial charge on any atom is -0.469 e. The van der Waals surface area contributed by atoms with Crippen LogP contribution in [0.25, 0.3) is 11.1 Å². The van der Waals surface area contributed by atoms with E-state index in [2.05, 4.69) is 4.74 Å². The highest BCUT2D eigenvalue weighted by Crippen LogP contribution is 2.33. The summed E-state index contributed by atoms with van der Waals surface area (Å²) in [5.41, 5.74) is 8.97. The van der Waals surface area contributed by atoms with Gasteiger partial charge in [0.1, 0.15) is 11.5 Å². The van der Waals surface area contributed by atoms with Crippen LogP contribution in [0, 0.1) is 0 Å². The zero-order valence-corrected chi connectivity index (χ0v) is 14.6. The Labute approximate surface area is 153 Å². The highest BCUT2D eigenvalue weighted by Gasteiger charge is 2.13. The van der Waals surface area contributed by atoms with E-state index in [4.69, 9.17) is 10.5 Å². The maximum absolute atomic E-state index is 11.4. The Kier molecular flexibility index (Phi) is 5.66. The van der Waals surface area contributed by atoms with E-state index in [1.165, 1.54) is 7.11 Å². The van der Waals surface area contributed by atoms with E-state index in [0.29, 0.717) is 0 Å². The second-order valence-electron chi connectivity index (χ2n) is 5.92. The number of hydrogen-bond acceptors (Lipinski definition) is 4. The van der Waals surface area contributed by atoms with Crippen LogP contribution in [0.3, 0.4) is 0 Å². The lowest BCUT2D eigenvalue weighted by Crippen LogP contribution is -2.16. The second-order valence-corrected chi connectivity index (χ2v) is 5.92. The summed E-state index contributed by atoms with van der Waals surface area (Å²) in [5.74, 6) is 1.25. The monoisotopic (exact) mass is 347 g/mol. The molecule has 0 bridgehead atoms. The molecule has 3 aromatic rings. The lowest BCUT2D eigenvalue weighted by atomic mass is 9.99. The SMILES string of the molecule is COC(=O)CC(N)c1ccc(-c2ccccc2Oc2ccccc2)cc1. The molecule has 0 saturated carbocycles. The van der Waals surface area contributed by atoms with Crippen molar-refractivity contribution in [1.82, 2.24) is 0 Å². The van der Waals surface area contributed by atoms with E-state index in [1.807, 2.05) is 78.9 Å². The van der Waals surface area contributed by atoms with Crippen molar-refractivity contribution in [3.63, 3.8) is 0 Å². The highest BCUT2D eigenvalue weighted by molar-refractivity contribution is 5.72. The molecule has 0 aliphatic heterocycles. The smallest absolute Gasteiger partial charge is 0.307 e. The van der Waals surface area contributed by atoms with Gasteiger partial charge in [0.2, 0.25) is 0 Å². The Morgan fingerprint density at radius 2 is 1.58 bits per heavy atom. The molecule has 4 nitrogen and oxygen atoms in total. The number of esters is 1. The standard InChI is InChI=1S/C22H21NO3/c1-25-22(24)15-20(23)17-13-11-16(12-14-17)19-9-5-6-10-21(19)26-18-7-3-2-4-8-18/h2-14,20H,15,23H2,1H3. The van der Waals surface area contributed by atoms with Gasteiger partial charge in [-0.2, -0.15) is 0 Å². The van der Waals surface area contributed by atoms with Crippen molar-refractivity contribution in [2.45, 2.75) is 12.5 Å². The third-order valence-electron chi connectivity index (χ3n) is 4.12. The fraction of sp³-hybridized carbons (Fsp3) is 0.136. The topological polar surface area (TPSA) is 61.5 Å². The van der Waals surface area contributed by atoms with Crippen LogP contribution in [0.5, 0.6) is 11.5 Å². The van der Waals surface area contributed by atoms with Gasteiger partial charge < -0.3 is 15.2 Å². The average Bonchev–Trinajstić information content (AvgIpc) is 2.69. The molecule has 26 heavy (non-hydrogen) atoms. The number of rotatable bonds is 6. The molecule has 0 aliphatic rings. The Bertz CT molecular complexity index is 860. The van der Waals surface area contributed by atoms with Crippen LogP contribution in [0.2, 0.25) is 0 Å². The van der Waals surface area contributed by atoms with E-state index >= 15 is 0 Å². The van der Waals surface area contributed by atoms with Crippen LogP contribution in [0.15, 0.2) is 78.9 Å². The van der Waals surface area contributed by atoms with Gasteiger partial charge in [-0.3, -0.25) is 4.79 Å². The van der Waals surface area contributed by atoms with Crippen molar-refractivity contribution in [2.75, 3.05) is 7.11 Å². The number of ether oxygens (including phenoxy) is 2. The zero-order chi connectivity index (χ0) is 18.4. The van der Waals surface area contributed by atoms with Crippen LogP contribution in [-0.2, 0) is 9.53 Å². The van der Waals surface area contributed by atoms with Crippen LogP contribution < -0.4 is 10.5 Å². The number of nitrogens with two attached hydrogens (primary N) is 1. The normalized spacial score (nSPS) is 11.6. The first-order chi connectivity index (χ1) is 12.7. The minimum absolute atomic E-state index is 0.156. The van der Waals surface area contributed by atoms with Gasteiger partial charge in [-0.25, -0.2) is 0 Å². The molecule has 0 aromatic heterocycles. The minimum atomic E-state index is -0.382. The fourth-order valence-electron chi connectivity index (χ4n) is 2.70. The molecule has 1 atom stereocenters. The zero-order valence-electron chi connectivity index (χ0n) is 14.6. The van der Waals surface area contributed by atoms with Gasteiger partial charge >= 0.3 is 5.97 Å². The fourth-order valence-corrected chi connectivity index (χ4v) is 2.70. The van der Waals surface area contributed by atoms with E-state index < -0.39 is 0 Å². The summed E-state index contributed by atoms with van der Waals surface area (Å²) in [5, 5.41) is 0. The van der Waals surface area contributed by atoms with E-state index in [0.717, 1.165) is 28.2 Å². The number of benzene rings is 3. The number of hydrogen-bond donors (Lipinski definition) is 1. The van der Waals surface area contributed by atoms with Gasteiger partial charge in [0.25, 0.3) is 0 Å². The number of carbonyl (C=O) groups excluding carboxylic acids is 1. The van der Waals surface area contributed by atoms with Crippen molar-refractivity contribution >= 4 is 5.97 Å². The van der Waals surface area contributed by atoms with Gasteiger partial charge in [-0.1, -0.05) is 60.7 Å². The molecule has 3 aromatic carbocycles. The maximum atomic E-state index is 11.4. The molecule has 3 rings (SSSR count). The molecule has 0 fully saturated rings. The molecule has 132 valence electrons. The summed E-state index contributed by atoms with van der Waals surface area (Å²) in [4.78, 5) is 11.4. The molecule has 0 aliphatic carbocycles. The van der Waals surface area contributed by atoms with Crippen molar-refractivity contribution < 1.29 is 14.3 Å². The van der Waals surface area contributed by atoms with Crippen LogP contribution in [-0.4, -0.2) is 13.1 Å². The third-order valence-corrected chi connectivity index (χ3v) is 4.12. The summed E-state index contributed by atoms with van der Waals surface area (Å²) < 4.78 is 10.7. The molecule has 2 N–H and O–H groups in total. The summed E-state index contributed by atoms with van der Waals surface area (Å²) >= 11 is 0. The largest absolute Gasteiger partial charge is 0.469 e. The molecule has 0 saturated heterocycles. The average molecular weight is 347 g/mol. The Hall–Kier alpha value is -3.11. The summed E-state index contributed by atoms with van der Waals surface area (Å²) in [6, 6.07) is 25.0. The van der Waals surface area contributed by atoms with Crippen molar-refractivity contribution in [2.24, 2.45) is 5.73 Å². The molecule has 0 amide bonds. The van der Waals surface area contributed by atoms with Crippen LogP contribution in [0.1, 0.15) is 18.0 Å². The Morgan fingerprint density at radius 3 is 2.27 bits per heavy atom. The predicted molar refractivity (Wildman–Crippen MR) is 102 cm³/mol. The van der Waals surface area contributed by atoms with Crippen molar-refractivity contribution in [1.29, 1.82) is 0 Å². The van der Waals surface area contributed by atoms with Gasteiger partial charge in [-0.15, -0.1) is 0 Å². The van der Waals surface area contributed by atoms with Crippen molar-refractivity contribution in [3.8, 4) is 22.6 Å². The molecular weight excluding hydrogens is 326 g/mol. The number of carbonyl (C=O) groups is 1. The Balaban J connectivity index is 1.82. The first kappa shape index (κ1) is 17.7. The number of para-hydroxylation sites is 2. The predicted octanol–water partition coefficient (Wildman–Crippen LogP) is 4.71. The van der Waals surface area contributed by atoms with E-state index in [-0.39, 0.29) is 18.4 Å². The molecule has 1 unspecified atom stereocenters. The Morgan fingerprint density at radius 1 is 0.923 bits per heavy atom. The lowest BCUT2D eigenvalue weighted by Gasteiger charge is -2.14. The highest BCUT2D eigenvalue weighted by atomic mass is 16.5. The van der Waals surface area contributed by atoms with Crippen LogP contribution in [0.4, 0.5) is 0 Å². The van der Waals surface area contributed by atoms with E-state index in [9.17, 15) is 4.79 Å². The van der Waals surface area contributed by atoms with Crippen LogP contribution >= 0.6 is 0 Å². The molecule has 0 spiro atoms. The summed E-state index contributed by atoms with van der Waals surface area (Å²) in [7, 11) is 1.36. The van der Waals surface area contributed by atoms with Gasteiger partial charge in [0.15, 0.2) is 0 Å². The third kappa shape index (κ3) is 4.29. The molecular formula is C22H21NO3. The quantitative estimate of drug-likeness (QED) is 0.656.